The van der Waals surface area contributed by atoms with E-state index in [4.69, 9.17) is 14.6 Å². The summed E-state index contributed by atoms with van der Waals surface area (Å²) in [6.45, 7) is -0.125. The molecule has 2 aliphatic rings. The third-order valence-electron chi connectivity index (χ3n) is 4.46. The number of alkyl halides is 1. The van der Waals surface area contributed by atoms with Gasteiger partial charge in [0.2, 0.25) is 18.4 Å². The zero-order chi connectivity index (χ0) is 18.3. The number of halogens is 1. The molecule has 1 atom stereocenters. The Bertz CT molecular complexity index is 886. The fourth-order valence-corrected chi connectivity index (χ4v) is 3.79. The Morgan fingerprint density at radius 3 is 2.92 bits per heavy atom. The Morgan fingerprint density at radius 1 is 1.35 bits per heavy atom. The Kier molecular flexibility index (Phi) is 4.03. The van der Waals surface area contributed by atoms with Crippen molar-refractivity contribution in [1.29, 1.82) is 0 Å². The van der Waals surface area contributed by atoms with Crippen molar-refractivity contribution in [3.63, 3.8) is 0 Å². The van der Waals surface area contributed by atoms with E-state index in [2.05, 4.69) is 4.98 Å². The first-order valence-electron chi connectivity index (χ1n) is 7.99. The van der Waals surface area contributed by atoms with E-state index in [1.807, 2.05) is 12.1 Å². The van der Waals surface area contributed by atoms with Crippen LogP contribution in [0.5, 0.6) is 11.5 Å². The Hall–Kier alpha value is -2.68. The molecule has 1 N–H and O–H groups in total. The van der Waals surface area contributed by atoms with E-state index in [9.17, 15) is 14.0 Å². The van der Waals surface area contributed by atoms with Gasteiger partial charge in [0.25, 0.3) is 0 Å². The van der Waals surface area contributed by atoms with Gasteiger partial charge in [0.1, 0.15) is 5.01 Å². The van der Waals surface area contributed by atoms with Crippen LogP contribution < -0.4 is 9.47 Å². The number of hydrogen-bond acceptors (Lipinski definition) is 6. The van der Waals surface area contributed by atoms with Gasteiger partial charge >= 0.3 is 5.97 Å². The number of likely N-dealkylation sites (tertiary alicyclic amines) is 1. The summed E-state index contributed by atoms with van der Waals surface area (Å²) in [5.74, 6) is -0.511. The molecule has 2 aromatic rings. The molecule has 0 aliphatic carbocycles. The van der Waals surface area contributed by atoms with Gasteiger partial charge in [-0.3, -0.25) is 4.79 Å². The summed E-state index contributed by atoms with van der Waals surface area (Å²) in [4.78, 5) is 29.0. The summed E-state index contributed by atoms with van der Waals surface area (Å²) in [5.41, 5.74) is -0.929. The van der Waals surface area contributed by atoms with Gasteiger partial charge in [-0.15, -0.1) is 11.3 Å². The zero-order valence-corrected chi connectivity index (χ0v) is 14.4. The monoisotopic (exact) mass is 378 g/mol. The largest absolute Gasteiger partial charge is 0.479 e. The number of aromatic nitrogens is 1. The van der Waals surface area contributed by atoms with Crippen molar-refractivity contribution >= 4 is 23.2 Å². The van der Waals surface area contributed by atoms with E-state index < -0.39 is 18.2 Å². The third kappa shape index (κ3) is 2.98. The molecule has 9 heteroatoms. The predicted octanol–water partition coefficient (Wildman–Crippen LogP) is 2.11. The average molecular weight is 378 g/mol. The highest BCUT2D eigenvalue weighted by Crippen LogP contribution is 2.36. The van der Waals surface area contributed by atoms with Crippen LogP contribution in [0.1, 0.15) is 12.1 Å². The first kappa shape index (κ1) is 16.8. The second kappa shape index (κ2) is 6.24. The van der Waals surface area contributed by atoms with Gasteiger partial charge < -0.3 is 19.5 Å². The summed E-state index contributed by atoms with van der Waals surface area (Å²) < 4.78 is 24.7. The van der Waals surface area contributed by atoms with Crippen molar-refractivity contribution in [2.45, 2.75) is 18.5 Å². The first-order chi connectivity index (χ1) is 12.4. The normalized spacial score (nSPS) is 21.2. The standard InChI is InChI=1S/C17H15FN2O5S/c18-17(16(22)23)3-4-20(8-17)14(21)6-11-7-26-15(19-11)10-1-2-12-13(5-10)25-9-24-12/h1-2,5,7H,3-4,6,8-9H2,(H,22,23). The highest BCUT2D eigenvalue weighted by molar-refractivity contribution is 7.13. The zero-order valence-electron chi connectivity index (χ0n) is 13.6. The highest BCUT2D eigenvalue weighted by Gasteiger charge is 2.46. The molecule has 1 aromatic carbocycles. The topological polar surface area (TPSA) is 89.0 Å². The number of carboxylic acid groups (broad SMARTS) is 1. The molecule has 4 rings (SSSR count). The third-order valence-corrected chi connectivity index (χ3v) is 5.40. The van der Waals surface area contributed by atoms with Crippen LogP contribution in [-0.2, 0) is 16.0 Å². The smallest absolute Gasteiger partial charge is 0.343 e. The predicted molar refractivity (Wildman–Crippen MR) is 90.0 cm³/mol. The van der Waals surface area contributed by atoms with E-state index in [0.29, 0.717) is 17.2 Å². The van der Waals surface area contributed by atoms with Crippen molar-refractivity contribution in [1.82, 2.24) is 9.88 Å². The molecule has 1 fully saturated rings. The molecule has 1 amide bonds. The molecular formula is C17H15FN2O5S. The Morgan fingerprint density at radius 2 is 2.15 bits per heavy atom. The van der Waals surface area contributed by atoms with Crippen molar-refractivity contribution < 1.29 is 28.6 Å². The summed E-state index contributed by atoms with van der Waals surface area (Å²) in [6, 6.07) is 5.50. The van der Waals surface area contributed by atoms with Gasteiger partial charge in [0, 0.05) is 23.9 Å². The van der Waals surface area contributed by atoms with Crippen LogP contribution in [0.4, 0.5) is 4.39 Å². The molecule has 1 aromatic heterocycles. The van der Waals surface area contributed by atoms with E-state index in [1.54, 1.807) is 11.4 Å². The van der Waals surface area contributed by atoms with E-state index >= 15 is 0 Å². The molecule has 0 bridgehead atoms. The average Bonchev–Trinajstić information content (AvgIpc) is 3.33. The van der Waals surface area contributed by atoms with Gasteiger partial charge in [-0.2, -0.15) is 0 Å². The van der Waals surface area contributed by atoms with E-state index in [0.717, 1.165) is 10.6 Å². The van der Waals surface area contributed by atoms with Crippen molar-refractivity contribution in [3.05, 3.63) is 29.3 Å². The quantitative estimate of drug-likeness (QED) is 0.877. The van der Waals surface area contributed by atoms with Crippen molar-refractivity contribution in [3.8, 4) is 22.1 Å². The minimum Gasteiger partial charge on any atom is -0.479 e. The van der Waals surface area contributed by atoms with Crippen molar-refractivity contribution in [2.24, 2.45) is 0 Å². The molecule has 1 saturated heterocycles. The highest BCUT2D eigenvalue weighted by atomic mass is 32.1. The van der Waals surface area contributed by atoms with Crippen LogP contribution in [0, 0.1) is 0 Å². The molecule has 1 unspecified atom stereocenters. The Balaban J connectivity index is 1.44. The lowest BCUT2D eigenvalue weighted by Crippen LogP contribution is -2.39. The molecular weight excluding hydrogens is 363 g/mol. The maximum atomic E-state index is 14.1. The lowest BCUT2D eigenvalue weighted by molar-refractivity contribution is -0.150. The summed E-state index contributed by atoms with van der Waals surface area (Å²) in [7, 11) is 0. The number of carbonyl (C=O) groups is 2. The molecule has 3 heterocycles. The van der Waals surface area contributed by atoms with Crippen LogP contribution in [0.25, 0.3) is 10.6 Å². The van der Waals surface area contributed by atoms with E-state index in [-0.39, 0.29) is 32.1 Å². The number of fused-ring (bicyclic) bond motifs is 1. The van der Waals surface area contributed by atoms with Crippen LogP contribution in [0.2, 0.25) is 0 Å². The fourth-order valence-electron chi connectivity index (χ4n) is 2.98. The number of amides is 1. The maximum absolute atomic E-state index is 14.1. The molecule has 2 aliphatic heterocycles. The number of benzene rings is 1. The number of carbonyl (C=O) groups excluding carboxylic acids is 1. The van der Waals surface area contributed by atoms with Gasteiger partial charge in [-0.1, -0.05) is 0 Å². The van der Waals surface area contributed by atoms with Crippen LogP contribution in [0.15, 0.2) is 23.6 Å². The second-order valence-corrected chi connectivity index (χ2v) is 7.08. The Labute approximate surface area is 152 Å². The van der Waals surface area contributed by atoms with Crippen LogP contribution >= 0.6 is 11.3 Å². The SMILES string of the molecule is O=C(Cc1csc(-c2ccc3c(c2)OCO3)n1)N1CCC(F)(C(=O)O)C1. The van der Waals surface area contributed by atoms with Crippen LogP contribution in [-0.4, -0.2) is 52.4 Å². The molecule has 136 valence electrons. The molecule has 0 radical (unpaired) electrons. The van der Waals surface area contributed by atoms with Gasteiger partial charge in [-0.05, 0) is 18.2 Å². The minimum atomic E-state index is -2.35. The first-order valence-corrected chi connectivity index (χ1v) is 8.87. The number of ether oxygens (including phenoxy) is 2. The molecule has 26 heavy (non-hydrogen) atoms. The van der Waals surface area contributed by atoms with Gasteiger partial charge in [0.05, 0.1) is 18.7 Å². The fraction of sp³-hybridized carbons (Fsp3) is 0.353. The number of thiazole rings is 1. The summed E-state index contributed by atoms with van der Waals surface area (Å²) in [5, 5.41) is 11.4. The lowest BCUT2D eigenvalue weighted by atomic mass is 10.1. The number of aliphatic carboxylic acids is 1. The van der Waals surface area contributed by atoms with Gasteiger partial charge in [-0.25, -0.2) is 14.2 Å². The maximum Gasteiger partial charge on any atom is 0.343 e. The lowest BCUT2D eigenvalue weighted by Gasteiger charge is -2.17. The summed E-state index contributed by atoms with van der Waals surface area (Å²) >= 11 is 1.39. The molecule has 0 spiro atoms. The number of hydrogen-bond donors (Lipinski definition) is 1. The molecule has 0 saturated carbocycles. The van der Waals surface area contributed by atoms with Gasteiger partial charge in [0.15, 0.2) is 11.5 Å². The number of carboxylic acids is 1. The minimum absolute atomic E-state index is 0.0107. The number of nitrogens with zero attached hydrogens (tertiary/aromatic N) is 2. The van der Waals surface area contributed by atoms with Crippen LogP contribution in [0.3, 0.4) is 0 Å². The number of rotatable bonds is 4. The van der Waals surface area contributed by atoms with Crippen molar-refractivity contribution in [2.75, 3.05) is 19.9 Å². The molecule has 7 nitrogen and oxygen atoms in total. The second-order valence-electron chi connectivity index (χ2n) is 6.22. The summed E-state index contributed by atoms with van der Waals surface area (Å²) in [6.07, 6.45) is -0.176. The van der Waals surface area contributed by atoms with E-state index in [1.165, 1.54) is 16.2 Å².